The van der Waals surface area contributed by atoms with Gasteiger partial charge >= 0.3 is 0 Å². The Kier molecular flexibility index (Phi) is 4.48. The Labute approximate surface area is 131 Å². The third kappa shape index (κ3) is 3.02. The lowest BCUT2D eigenvalue weighted by molar-refractivity contribution is 0.0810. The zero-order chi connectivity index (χ0) is 15.5. The first-order valence-electron chi connectivity index (χ1n) is 8.14. The predicted octanol–water partition coefficient (Wildman–Crippen LogP) is 3.05. The standard InChI is InChI=1S/C18H24N2O2/c1-3-16(14-6-4-13(2)5-7-14)19-18(21)15-8-9-20-10-11-22-12-17(15)20/h4,6-9,13,16H,3,5,10-12H2,1-2H3,(H,19,21)/t13?,16-/m1/s1. The summed E-state index contributed by atoms with van der Waals surface area (Å²) >= 11 is 0. The molecule has 0 bridgehead atoms. The number of carbonyl (C=O) groups excluding carboxylic acids is 1. The lowest BCUT2D eigenvalue weighted by atomic mass is 9.93. The summed E-state index contributed by atoms with van der Waals surface area (Å²) in [6.45, 7) is 6.38. The van der Waals surface area contributed by atoms with Gasteiger partial charge < -0.3 is 14.6 Å². The van der Waals surface area contributed by atoms with Crippen LogP contribution in [-0.2, 0) is 17.9 Å². The van der Waals surface area contributed by atoms with E-state index >= 15 is 0 Å². The number of aromatic nitrogens is 1. The number of nitrogens with one attached hydrogen (secondary N) is 1. The molecule has 4 heteroatoms. The van der Waals surface area contributed by atoms with Gasteiger partial charge in [0.25, 0.3) is 5.91 Å². The monoisotopic (exact) mass is 300 g/mol. The molecule has 1 aromatic heterocycles. The molecule has 1 aromatic rings. The van der Waals surface area contributed by atoms with Crippen LogP contribution >= 0.6 is 0 Å². The van der Waals surface area contributed by atoms with Crippen molar-refractivity contribution in [2.75, 3.05) is 6.61 Å². The molecule has 0 saturated heterocycles. The molecule has 2 heterocycles. The van der Waals surface area contributed by atoms with Crippen LogP contribution in [0.15, 0.2) is 36.1 Å². The average Bonchev–Trinajstić information content (AvgIpc) is 2.97. The summed E-state index contributed by atoms with van der Waals surface area (Å²) in [7, 11) is 0. The van der Waals surface area contributed by atoms with Crippen molar-refractivity contribution >= 4 is 5.91 Å². The van der Waals surface area contributed by atoms with Crippen molar-refractivity contribution in [1.82, 2.24) is 9.88 Å². The third-order valence-corrected chi connectivity index (χ3v) is 4.50. The van der Waals surface area contributed by atoms with Crippen LogP contribution < -0.4 is 5.32 Å². The molecule has 2 atom stereocenters. The minimum atomic E-state index is -0.000906. The molecular weight excluding hydrogens is 276 g/mol. The third-order valence-electron chi connectivity index (χ3n) is 4.50. The molecule has 1 aliphatic heterocycles. The Morgan fingerprint density at radius 3 is 3.14 bits per heavy atom. The van der Waals surface area contributed by atoms with Crippen LogP contribution in [0.4, 0.5) is 0 Å². The second-order valence-electron chi connectivity index (χ2n) is 6.13. The normalized spacial score (nSPS) is 21.9. The van der Waals surface area contributed by atoms with Gasteiger partial charge in [0.1, 0.15) is 0 Å². The van der Waals surface area contributed by atoms with Crippen molar-refractivity contribution in [2.24, 2.45) is 5.92 Å². The van der Waals surface area contributed by atoms with Gasteiger partial charge in [0, 0.05) is 12.7 Å². The fourth-order valence-corrected chi connectivity index (χ4v) is 3.07. The fraction of sp³-hybridized carbons (Fsp3) is 0.500. The molecule has 2 aliphatic rings. The van der Waals surface area contributed by atoms with E-state index in [-0.39, 0.29) is 11.9 Å². The Bertz CT molecular complexity index is 613. The molecule has 0 saturated carbocycles. The summed E-state index contributed by atoms with van der Waals surface area (Å²) in [5.41, 5.74) is 2.95. The first-order chi connectivity index (χ1) is 10.7. The minimum Gasteiger partial charge on any atom is -0.373 e. The van der Waals surface area contributed by atoms with Gasteiger partial charge in [-0.3, -0.25) is 4.79 Å². The van der Waals surface area contributed by atoms with E-state index in [1.165, 1.54) is 5.57 Å². The summed E-state index contributed by atoms with van der Waals surface area (Å²) in [6.07, 6.45) is 10.5. The van der Waals surface area contributed by atoms with Crippen LogP contribution in [0.3, 0.4) is 0 Å². The van der Waals surface area contributed by atoms with Gasteiger partial charge in [-0.05, 0) is 30.4 Å². The number of amides is 1. The molecule has 1 amide bonds. The fourth-order valence-electron chi connectivity index (χ4n) is 3.07. The average molecular weight is 300 g/mol. The highest BCUT2D eigenvalue weighted by Crippen LogP contribution is 2.21. The molecule has 22 heavy (non-hydrogen) atoms. The topological polar surface area (TPSA) is 43.3 Å². The maximum absolute atomic E-state index is 12.6. The maximum Gasteiger partial charge on any atom is 0.253 e. The summed E-state index contributed by atoms with van der Waals surface area (Å²) in [5, 5.41) is 3.18. The van der Waals surface area contributed by atoms with E-state index in [4.69, 9.17) is 4.74 Å². The molecule has 118 valence electrons. The zero-order valence-electron chi connectivity index (χ0n) is 13.3. The van der Waals surface area contributed by atoms with Crippen molar-refractivity contribution in [3.63, 3.8) is 0 Å². The highest BCUT2D eigenvalue weighted by Gasteiger charge is 2.22. The zero-order valence-corrected chi connectivity index (χ0v) is 13.3. The molecule has 1 N–H and O–H groups in total. The number of fused-ring (bicyclic) bond motifs is 1. The smallest absolute Gasteiger partial charge is 0.253 e. The lowest BCUT2D eigenvalue weighted by Crippen LogP contribution is -2.36. The number of ether oxygens (including phenoxy) is 1. The Hall–Kier alpha value is -1.81. The maximum atomic E-state index is 12.6. The van der Waals surface area contributed by atoms with Crippen molar-refractivity contribution in [1.29, 1.82) is 0 Å². The first-order valence-corrected chi connectivity index (χ1v) is 8.14. The van der Waals surface area contributed by atoms with Gasteiger partial charge in [-0.25, -0.2) is 0 Å². The van der Waals surface area contributed by atoms with E-state index in [1.54, 1.807) is 0 Å². The van der Waals surface area contributed by atoms with Gasteiger partial charge in [0.05, 0.1) is 30.5 Å². The van der Waals surface area contributed by atoms with Crippen LogP contribution in [0.2, 0.25) is 0 Å². The Morgan fingerprint density at radius 1 is 1.55 bits per heavy atom. The van der Waals surface area contributed by atoms with E-state index in [2.05, 4.69) is 42.0 Å². The molecule has 0 aromatic carbocycles. The summed E-state index contributed by atoms with van der Waals surface area (Å²) < 4.78 is 7.59. The summed E-state index contributed by atoms with van der Waals surface area (Å²) in [5.74, 6) is 0.589. The number of hydrogen-bond acceptors (Lipinski definition) is 2. The SMILES string of the molecule is CC[C@@H](NC(=O)c1ccn2c1COCC2)C1=CCC(C)C=C1. The van der Waals surface area contributed by atoms with Gasteiger partial charge in [-0.15, -0.1) is 0 Å². The molecule has 0 spiro atoms. The molecule has 0 fully saturated rings. The second kappa shape index (κ2) is 6.53. The van der Waals surface area contributed by atoms with E-state index < -0.39 is 0 Å². The molecule has 3 rings (SSSR count). The van der Waals surface area contributed by atoms with E-state index in [0.29, 0.717) is 12.5 Å². The summed E-state index contributed by atoms with van der Waals surface area (Å²) in [4.78, 5) is 12.6. The number of allylic oxidation sites excluding steroid dienone is 2. The van der Waals surface area contributed by atoms with Crippen LogP contribution in [0, 0.1) is 5.92 Å². The number of carbonyl (C=O) groups is 1. The van der Waals surface area contributed by atoms with Crippen LogP contribution in [0.5, 0.6) is 0 Å². The second-order valence-corrected chi connectivity index (χ2v) is 6.13. The van der Waals surface area contributed by atoms with Gasteiger partial charge in [-0.1, -0.05) is 32.1 Å². The summed E-state index contributed by atoms with van der Waals surface area (Å²) in [6, 6.07) is 1.98. The largest absolute Gasteiger partial charge is 0.373 e. The molecule has 4 nitrogen and oxygen atoms in total. The number of hydrogen-bond donors (Lipinski definition) is 1. The quantitative estimate of drug-likeness (QED) is 0.928. The first kappa shape index (κ1) is 15.1. The van der Waals surface area contributed by atoms with Gasteiger partial charge in [0.15, 0.2) is 0 Å². The van der Waals surface area contributed by atoms with Crippen molar-refractivity contribution < 1.29 is 9.53 Å². The van der Waals surface area contributed by atoms with Gasteiger partial charge in [0.2, 0.25) is 0 Å². The molecular formula is C18H24N2O2. The number of rotatable bonds is 4. The number of nitrogens with zero attached hydrogens (tertiary/aromatic N) is 1. The Morgan fingerprint density at radius 2 is 2.41 bits per heavy atom. The van der Waals surface area contributed by atoms with Crippen molar-refractivity contribution in [3.8, 4) is 0 Å². The van der Waals surface area contributed by atoms with E-state index in [0.717, 1.165) is 37.3 Å². The van der Waals surface area contributed by atoms with Gasteiger partial charge in [-0.2, -0.15) is 0 Å². The minimum absolute atomic E-state index is 0.000906. The van der Waals surface area contributed by atoms with Crippen LogP contribution in [0.1, 0.15) is 42.7 Å². The molecule has 0 radical (unpaired) electrons. The van der Waals surface area contributed by atoms with Crippen LogP contribution in [0.25, 0.3) is 0 Å². The van der Waals surface area contributed by atoms with Crippen LogP contribution in [-0.4, -0.2) is 23.1 Å². The molecule has 1 aliphatic carbocycles. The highest BCUT2D eigenvalue weighted by atomic mass is 16.5. The van der Waals surface area contributed by atoms with E-state index in [9.17, 15) is 4.79 Å². The van der Waals surface area contributed by atoms with Crippen molar-refractivity contribution in [3.05, 3.63) is 47.3 Å². The highest BCUT2D eigenvalue weighted by molar-refractivity contribution is 5.96. The molecule has 1 unspecified atom stereocenters. The Balaban J connectivity index is 1.73. The predicted molar refractivity (Wildman–Crippen MR) is 86.6 cm³/mol. The lowest BCUT2D eigenvalue weighted by Gasteiger charge is -2.22. The van der Waals surface area contributed by atoms with E-state index in [1.807, 2.05) is 12.3 Å². The van der Waals surface area contributed by atoms with Crippen molar-refractivity contribution in [2.45, 2.75) is 45.9 Å².